The van der Waals surface area contributed by atoms with Crippen molar-refractivity contribution in [2.75, 3.05) is 18.4 Å². The van der Waals surface area contributed by atoms with Crippen LogP contribution in [0.4, 0.5) is 19.3 Å². The van der Waals surface area contributed by atoms with Crippen LogP contribution in [0, 0.1) is 18.6 Å². The number of aryl methyl sites for hydroxylation is 1. The number of carbonyl (C=O) groups is 2. The predicted octanol–water partition coefficient (Wildman–Crippen LogP) is 5.83. The smallest absolute Gasteiger partial charge is 0.410 e. The first-order chi connectivity index (χ1) is 17.0. The molecule has 2 aromatic carbocycles. The number of hydrogen-bond acceptors (Lipinski definition) is 4. The van der Waals surface area contributed by atoms with Gasteiger partial charge in [0.25, 0.3) is 5.91 Å². The molecule has 0 atom stereocenters. The molecule has 190 valence electrons. The molecule has 2 heterocycles. The molecule has 3 aromatic rings. The maximum Gasteiger partial charge on any atom is 0.410 e. The van der Waals surface area contributed by atoms with Crippen molar-refractivity contribution in [3.05, 3.63) is 77.1 Å². The van der Waals surface area contributed by atoms with Crippen LogP contribution >= 0.6 is 0 Å². The molecule has 0 aliphatic carbocycles. The average Bonchev–Trinajstić information content (AvgIpc) is 3.25. The van der Waals surface area contributed by atoms with Crippen molar-refractivity contribution in [1.82, 2.24) is 14.7 Å². The number of amides is 2. The van der Waals surface area contributed by atoms with Crippen LogP contribution in [0.15, 0.2) is 48.7 Å². The van der Waals surface area contributed by atoms with Crippen LogP contribution in [-0.4, -0.2) is 45.4 Å². The summed E-state index contributed by atoms with van der Waals surface area (Å²) in [4.78, 5) is 27.4. The molecule has 1 saturated heterocycles. The van der Waals surface area contributed by atoms with E-state index in [-0.39, 0.29) is 17.7 Å². The summed E-state index contributed by atoms with van der Waals surface area (Å²) in [5.41, 5.74) is 2.16. The summed E-state index contributed by atoms with van der Waals surface area (Å²) in [6, 6.07) is 10.7. The van der Waals surface area contributed by atoms with Crippen molar-refractivity contribution < 1.29 is 23.1 Å². The molecule has 0 bridgehead atoms. The minimum absolute atomic E-state index is 0.0775. The van der Waals surface area contributed by atoms with E-state index >= 15 is 0 Å². The van der Waals surface area contributed by atoms with E-state index in [1.54, 1.807) is 9.58 Å². The maximum absolute atomic E-state index is 14.2. The van der Waals surface area contributed by atoms with Crippen LogP contribution < -0.4 is 5.32 Å². The number of ether oxygens (including phenoxy) is 1. The number of halogens is 2. The normalized spacial score (nSPS) is 14.6. The van der Waals surface area contributed by atoms with E-state index in [1.165, 1.54) is 12.3 Å². The number of aromatic nitrogens is 2. The largest absolute Gasteiger partial charge is 0.444 e. The van der Waals surface area contributed by atoms with E-state index in [9.17, 15) is 18.4 Å². The lowest BCUT2D eigenvalue weighted by Crippen LogP contribution is -2.41. The third-order valence-electron chi connectivity index (χ3n) is 6.04. The zero-order chi connectivity index (χ0) is 26.0. The molecule has 1 aromatic heterocycles. The Morgan fingerprint density at radius 2 is 1.72 bits per heavy atom. The van der Waals surface area contributed by atoms with E-state index in [2.05, 4.69) is 10.4 Å². The van der Waals surface area contributed by atoms with Gasteiger partial charge in [-0.2, -0.15) is 5.10 Å². The Morgan fingerprint density at radius 1 is 1.06 bits per heavy atom. The standard InChI is InChI=1S/C27H30F2N4O3/c1-17-5-8-20(9-6-17)33-24(18-11-13-32(14-12-18)26(35)36-27(2,3)4)21(16-30-33)25(34)31-23-10-7-19(28)15-22(23)29/h5-10,15-16,18H,11-14H2,1-4H3,(H,31,34). The first-order valence-electron chi connectivity index (χ1n) is 11.9. The highest BCUT2D eigenvalue weighted by atomic mass is 19.1. The van der Waals surface area contributed by atoms with Gasteiger partial charge in [0.05, 0.1) is 28.8 Å². The molecule has 0 spiro atoms. The zero-order valence-electron chi connectivity index (χ0n) is 20.8. The summed E-state index contributed by atoms with van der Waals surface area (Å²) in [5, 5.41) is 7.03. The molecule has 1 aliphatic heterocycles. The number of carbonyl (C=O) groups excluding carboxylic acids is 2. The Bertz CT molecular complexity index is 1260. The van der Waals surface area contributed by atoms with Gasteiger partial charge in [0, 0.05) is 25.1 Å². The van der Waals surface area contributed by atoms with Gasteiger partial charge >= 0.3 is 6.09 Å². The third-order valence-corrected chi connectivity index (χ3v) is 6.04. The molecule has 0 saturated carbocycles. The third kappa shape index (κ3) is 5.72. The first-order valence-corrected chi connectivity index (χ1v) is 11.9. The summed E-state index contributed by atoms with van der Waals surface area (Å²) in [6.07, 6.45) is 2.30. The van der Waals surface area contributed by atoms with Crippen molar-refractivity contribution >= 4 is 17.7 Å². The van der Waals surface area contributed by atoms with Gasteiger partial charge in [-0.05, 0) is 64.8 Å². The number of nitrogens with one attached hydrogen (secondary N) is 1. The Hall–Kier alpha value is -3.75. The van der Waals surface area contributed by atoms with E-state index in [4.69, 9.17) is 4.74 Å². The average molecular weight is 497 g/mol. The second-order valence-corrected chi connectivity index (χ2v) is 10.0. The highest BCUT2D eigenvalue weighted by Gasteiger charge is 2.32. The van der Waals surface area contributed by atoms with Gasteiger partial charge in [-0.1, -0.05) is 17.7 Å². The number of nitrogens with zero attached hydrogens (tertiary/aromatic N) is 3. The molecule has 0 radical (unpaired) electrons. The predicted molar refractivity (Wildman–Crippen MR) is 132 cm³/mol. The fraction of sp³-hybridized carbons (Fsp3) is 0.370. The van der Waals surface area contributed by atoms with Crippen molar-refractivity contribution in [2.24, 2.45) is 0 Å². The lowest BCUT2D eigenvalue weighted by atomic mass is 9.90. The number of rotatable bonds is 4. The molecule has 1 N–H and O–H groups in total. The minimum atomic E-state index is -0.860. The van der Waals surface area contributed by atoms with Crippen molar-refractivity contribution in [2.45, 2.75) is 52.1 Å². The zero-order valence-corrected chi connectivity index (χ0v) is 20.8. The lowest BCUT2D eigenvalue weighted by molar-refractivity contribution is 0.0203. The second-order valence-electron chi connectivity index (χ2n) is 10.0. The Morgan fingerprint density at radius 3 is 2.33 bits per heavy atom. The van der Waals surface area contributed by atoms with Gasteiger partial charge in [-0.25, -0.2) is 18.3 Å². The topological polar surface area (TPSA) is 76.5 Å². The van der Waals surface area contributed by atoms with Gasteiger partial charge in [0.15, 0.2) is 0 Å². The van der Waals surface area contributed by atoms with Gasteiger partial charge in [-0.3, -0.25) is 4.79 Å². The van der Waals surface area contributed by atoms with Crippen LogP contribution in [0.1, 0.15) is 61.1 Å². The number of piperidine rings is 1. The maximum atomic E-state index is 14.2. The van der Waals surface area contributed by atoms with Gasteiger partial charge < -0.3 is 15.0 Å². The number of anilines is 1. The Kier molecular flexibility index (Phi) is 7.10. The molecule has 4 rings (SSSR count). The van der Waals surface area contributed by atoms with Crippen molar-refractivity contribution in [3.8, 4) is 5.69 Å². The summed E-state index contributed by atoms with van der Waals surface area (Å²) >= 11 is 0. The molecular weight excluding hydrogens is 466 g/mol. The molecule has 36 heavy (non-hydrogen) atoms. The molecular formula is C27H30F2N4O3. The second kappa shape index (κ2) is 10.1. The SMILES string of the molecule is Cc1ccc(-n2ncc(C(=O)Nc3ccc(F)cc3F)c2C2CCN(C(=O)OC(C)(C)C)CC2)cc1. The van der Waals surface area contributed by atoms with Gasteiger partial charge in [-0.15, -0.1) is 0 Å². The van der Waals surface area contributed by atoms with Crippen LogP contribution in [-0.2, 0) is 4.74 Å². The van der Waals surface area contributed by atoms with E-state index < -0.39 is 23.1 Å². The van der Waals surface area contributed by atoms with Crippen LogP contribution in [0.3, 0.4) is 0 Å². The molecule has 9 heteroatoms. The molecule has 0 unspecified atom stereocenters. The van der Waals surface area contributed by atoms with Gasteiger partial charge in [0.1, 0.15) is 17.2 Å². The number of hydrogen-bond donors (Lipinski definition) is 1. The molecule has 1 fully saturated rings. The fourth-order valence-corrected chi connectivity index (χ4v) is 4.26. The summed E-state index contributed by atoms with van der Waals surface area (Å²) in [5.74, 6) is -2.20. The molecule has 7 nitrogen and oxygen atoms in total. The number of likely N-dealkylation sites (tertiary alicyclic amines) is 1. The van der Waals surface area contributed by atoms with Gasteiger partial charge in [0.2, 0.25) is 0 Å². The van der Waals surface area contributed by atoms with E-state index in [0.717, 1.165) is 23.4 Å². The summed E-state index contributed by atoms with van der Waals surface area (Å²) in [7, 11) is 0. The quantitative estimate of drug-likeness (QED) is 0.493. The van der Waals surface area contributed by atoms with Crippen LogP contribution in [0.5, 0.6) is 0 Å². The Balaban J connectivity index is 1.62. The van der Waals surface area contributed by atoms with E-state index in [1.807, 2.05) is 52.0 Å². The highest BCUT2D eigenvalue weighted by Crippen LogP contribution is 2.33. The molecule has 1 aliphatic rings. The lowest BCUT2D eigenvalue weighted by Gasteiger charge is -2.34. The Labute approximate surface area is 209 Å². The monoisotopic (exact) mass is 496 g/mol. The van der Waals surface area contributed by atoms with Crippen molar-refractivity contribution in [1.29, 1.82) is 0 Å². The number of benzene rings is 2. The van der Waals surface area contributed by atoms with Crippen LogP contribution in [0.25, 0.3) is 5.69 Å². The first kappa shape index (κ1) is 25.3. The van der Waals surface area contributed by atoms with E-state index in [0.29, 0.717) is 37.2 Å². The summed E-state index contributed by atoms with van der Waals surface area (Å²) in [6.45, 7) is 8.39. The van der Waals surface area contributed by atoms with Crippen molar-refractivity contribution in [3.63, 3.8) is 0 Å². The van der Waals surface area contributed by atoms with Crippen LogP contribution in [0.2, 0.25) is 0 Å². The summed E-state index contributed by atoms with van der Waals surface area (Å²) < 4.78 is 34.7. The minimum Gasteiger partial charge on any atom is -0.444 e. The fourth-order valence-electron chi connectivity index (χ4n) is 4.26. The highest BCUT2D eigenvalue weighted by molar-refractivity contribution is 6.05. The molecule has 2 amide bonds.